The van der Waals surface area contributed by atoms with Crippen LogP contribution in [-0.4, -0.2) is 9.78 Å². The molecule has 1 heterocycles. The molecule has 0 unspecified atom stereocenters. The first-order chi connectivity index (χ1) is 9.38. The van der Waals surface area contributed by atoms with Gasteiger partial charge in [0.1, 0.15) is 12.4 Å². The van der Waals surface area contributed by atoms with E-state index in [0.29, 0.717) is 12.6 Å². The SMILES string of the molecule is CC(C)n1ccc(COc2ccccc2C(C)(C)C)n1. The van der Waals surface area contributed by atoms with E-state index in [-0.39, 0.29) is 5.41 Å². The topological polar surface area (TPSA) is 27.1 Å². The van der Waals surface area contributed by atoms with E-state index in [0.717, 1.165) is 11.4 Å². The van der Waals surface area contributed by atoms with Gasteiger partial charge in [0.15, 0.2) is 0 Å². The molecule has 3 nitrogen and oxygen atoms in total. The molecular weight excluding hydrogens is 248 g/mol. The van der Waals surface area contributed by atoms with Crippen molar-refractivity contribution >= 4 is 0 Å². The van der Waals surface area contributed by atoms with Gasteiger partial charge < -0.3 is 4.74 Å². The van der Waals surface area contributed by atoms with Gasteiger partial charge in [0.2, 0.25) is 0 Å². The number of nitrogens with zero attached hydrogens (tertiary/aromatic N) is 2. The fourth-order valence-electron chi connectivity index (χ4n) is 2.11. The summed E-state index contributed by atoms with van der Waals surface area (Å²) in [5, 5.41) is 4.51. The Bertz CT molecular complexity index is 564. The van der Waals surface area contributed by atoms with E-state index in [4.69, 9.17) is 4.74 Å². The largest absolute Gasteiger partial charge is 0.487 e. The average Bonchev–Trinajstić information content (AvgIpc) is 2.84. The van der Waals surface area contributed by atoms with Crippen LogP contribution in [0.1, 0.15) is 51.9 Å². The van der Waals surface area contributed by atoms with Crippen molar-refractivity contribution in [2.75, 3.05) is 0 Å². The highest BCUT2D eigenvalue weighted by molar-refractivity contribution is 5.38. The Labute approximate surface area is 121 Å². The highest BCUT2D eigenvalue weighted by Crippen LogP contribution is 2.31. The molecule has 20 heavy (non-hydrogen) atoms. The first-order valence-electron chi connectivity index (χ1n) is 7.14. The fourth-order valence-corrected chi connectivity index (χ4v) is 2.11. The van der Waals surface area contributed by atoms with Crippen molar-refractivity contribution in [1.82, 2.24) is 9.78 Å². The Morgan fingerprint density at radius 2 is 1.85 bits per heavy atom. The monoisotopic (exact) mass is 272 g/mol. The van der Waals surface area contributed by atoms with Crippen LogP contribution in [0.3, 0.4) is 0 Å². The lowest BCUT2D eigenvalue weighted by atomic mass is 9.86. The first kappa shape index (κ1) is 14.6. The molecule has 0 saturated carbocycles. The third kappa shape index (κ3) is 3.41. The molecule has 0 aliphatic carbocycles. The zero-order valence-electron chi connectivity index (χ0n) is 13.1. The summed E-state index contributed by atoms with van der Waals surface area (Å²) >= 11 is 0. The van der Waals surface area contributed by atoms with Crippen LogP contribution in [0, 0.1) is 0 Å². The van der Waals surface area contributed by atoms with Crippen molar-refractivity contribution in [3.63, 3.8) is 0 Å². The number of benzene rings is 1. The predicted octanol–water partition coefficient (Wildman–Crippen LogP) is 4.34. The van der Waals surface area contributed by atoms with Crippen molar-refractivity contribution < 1.29 is 4.74 Å². The number of ether oxygens (including phenoxy) is 1. The molecule has 2 rings (SSSR count). The normalized spacial score (nSPS) is 11.9. The van der Waals surface area contributed by atoms with Crippen LogP contribution in [0.15, 0.2) is 36.5 Å². The molecule has 0 aliphatic rings. The summed E-state index contributed by atoms with van der Waals surface area (Å²) in [7, 11) is 0. The molecular formula is C17H24N2O. The van der Waals surface area contributed by atoms with E-state index >= 15 is 0 Å². The smallest absolute Gasteiger partial charge is 0.132 e. The maximum Gasteiger partial charge on any atom is 0.132 e. The molecule has 0 saturated heterocycles. The van der Waals surface area contributed by atoms with Gasteiger partial charge in [-0.3, -0.25) is 4.68 Å². The van der Waals surface area contributed by atoms with Gasteiger partial charge in [-0.15, -0.1) is 0 Å². The maximum atomic E-state index is 5.97. The zero-order valence-corrected chi connectivity index (χ0v) is 13.1. The van der Waals surface area contributed by atoms with Gasteiger partial charge in [-0.05, 0) is 37.0 Å². The average molecular weight is 272 g/mol. The molecule has 0 spiro atoms. The number of aromatic nitrogens is 2. The third-order valence-electron chi connectivity index (χ3n) is 3.26. The quantitative estimate of drug-likeness (QED) is 0.827. The number of para-hydroxylation sites is 1. The second-order valence-electron chi connectivity index (χ2n) is 6.42. The lowest BCUT2D eigenvalue weighted by molar-refractivity contribution is 0.290. The van der Waals surface area contributed by atoms with Gasteiger partial charge in [-0.1, -0.05) is 39.0 Å². The summed E-state index contributed by atoms with van der Waals surface area (Å²) in [5.41, 5.74) is 2.26. The van der Waals surface area contributed by atoms with E-state index in [1.807, 2.05) is 29.1 Å². The minimum Gasteiger partial charge on any atom is -0.487 e. The van der Waals surface area contributed by atoms with Gasteiger partial charge in [0.05, 0.1) is 5.69 Å². The minimum absolute atomic E-state index is 0.0773. The standard InChI is InChI=1S/C17H24N2O/c1-13(2)19-11-10-14(18-19)12-20-16-9-7-6-8-15(16)17(3,4)5/h6-11,13H,12H2,1-5H3. The van der Waals surface area contributed by atoms with E-state index in [1.165, 1.54) is 5.56 Å². The van der Waals surface area contributed by atoms with Crippen molar-refractivity contribution in [2.45, 2.75) is 52.7 Å². The summed E-state index contributed by atoms with van der Waals surface area (Å²) < 4.78 is 7.92. The molecule has 0 fully saturated rings. The molecule has 0 atom stereocenters. The number of hydrogen-bond donors (Lipinski definition) is 0. The van der Waals surface area contributed by atoms with Crippen LogP contribution in [0.4, 0.5) is 0 Å². The summed E-state index contributed by atoms with van der Waals surface area (Å²) in [5.74, 6) is 0.944. The van der Waals surface area contributed by atoms with Crippen molar-refractivity contribution in [3.8, 4) is 5.75 Å². The molecule has 3 heteroatoms. The Balaban J connectivity index is 2.11. The summed E-state index contributed by atoms with van der Waals surface area (Å²) in [6.45, 7) is 11.3. The Morgan fingerprint density at radius 1 is 1.15 bits per heavy atom. The van der Waals surface area contributed by atoms with Gasteiger partial charge in [-0.2, -0.15) is 5.10 Å². The van der Waals surface area contributed by atoms with Gasteiger partial charge in [-0.25, -0.2) is 0 Å². The van der Waals surface area contributed by atoms with Crippen LogP contribution in [0.5, 0.6) is 5.75 Å². The second kappa shape index (κ2) is 5.70. The summed E-state index contributed by atoms with van der Waals surface area (Å²) in [6, 6.07) is 10.6. The van der Waals surface area contributed by atoms with Crippen LogP contribution >= 0.6 is 0 Å². The van der Waals surface area contributed by atoms with Gasteiger partial charge in [0.25, 0.3) is 0 Å². The van der Waals surface area contributed by atoms with E-state index in [9.17, 15) is 0 Å². The first-order valence-corrected chi connectivity index (χ1v) is 7.14. The molecule has 0 aliphatic heterocycles. The molecule has 0 N–H and O–H groups in total. The third-order valence-corrected chi connectivity index (χ3v) is 3.26. The number of rotatable bonds is 4. The van der Waals surface area contributed by atoms with Gasteiger partial charge >= 0.3 is 0 Å². The van der Waals surface area contributed by atoms with Crippen molar-refractivity contribution in [2.24, 2.45) is 0 Å². The Hall–Kier alpha value is -1.77. The minimum atomic E-state index is 0.0773. The van der Waals surface area contributed by atoms with Crippen LogP contribution in [0.25, 0.3) is 0 Å². The second-order valence-corrected chi connectivity index (χ2v) is 6.42. The molecule has 0 radical (unpaired) electrons. The molecule has 0 bridgehead atoms. The summed E-state index contributed by atoms with van der Waals surface area (Å²) in [6.07, 6.45) is 2.00. The highest BCUT2D eigenvalue weighted by Gasteiger charge is 2.18. The van der Waals surface area contributed by atoms with Crippen LogP contribution < -0.4 is 4.74 Å². The Kier molecular flexibility index (Phi) is 4.17. The van der Waals surface area contributed by atoms with Crippen LogP contribution in [0.2, 0.25) is 0 Å². The van der Waals surface area contributed by atoms with Crippen LogP contribution in [-0.2, 0) is 12.0 Å². The highest BCUT2D eigenvalue weighted by atomic mass is 16.5. The lowest BCUT2D eigenvalue weighted by Gasteiger charge is -2.22. The zero-order chi connectivity index (χ0) is 14.8. The molecule has 108 valence electrons. The van der Waals surface area contributed by atoms with Crippen molar-refractivity contribution in [3.05, 3.63) is 47.8 Å². The molecule has 1 aromatic heterocycles. The number of hydrogen-bond acceptors (Lipinski definition) is 2. The van der Waals surface area contributed by atoms with Crippen molar-refractivity contribution in [1.29, 1.82) is 0 Å². The summed E-state index contributed by atoms with van der Waals surface area (Å²) in [4.78, 5) is 0. The van der Waals surface area contributed by atoms with E-state index in [2.05, 4.69) is 51.9 Å². The van der Waals surface area contributed by atoms with Gasteiger partial charge in [0, 0.05) is 12.2 Å². The molecule has 0 amide bonds. The predicted molar refractivity (Wildman–Crippen MR) is 82.1 cm³/mol. The van der Waals surface area contributed by atoms with E-state index in [1.54, 1.807) is 0 Å². The molecule has 2 aromatic rings. The van der Waals surface area contributed by atoms with E-state index < -0.39 is 0 Å². The maximum absolute atomic E-state index is 5.97. The fraction of sp³-hybridized carbons (Fsp3) is 0.471. The lowest BCUT2D eigenvalue weighted by Crippen LogP contribution is -2.13. The Morgan fingerprint density at radius 3 is 2.45 bits per heavy atom. The molecule has 1 aromatic carbocycles.